The van der Waals surface area contributed by atoms with Crippen LogP contribution in [0.5, 0.6) is 0 Å². The monoisotopic (exact) mass is 637 g/mol. The van der Waals surface area contributed by atoms with Crippen molar-refractivity contribution in [2.75, 3.05) is 19.7 Å². The predicted octanol–water partition coefficient (Wildman–Crippen LogP) is 4.09. The molecule has 3 aliphatic rings. The van der Waals surface area contributed by atoms with Gasteiger partial charge >= 0.3 is 5.97 Å². The molecular formula is C36H51N3O7. The van der Waals surface area contributed by atoms with Crippen LogP contribution >= 0.6 is 0 Å². The van der Waals surface area contributed by atoms with Crippen molar-refractivity contribution in [3.05, 3.63) is 61.2 Å². The van der Waals surface area contributed by atoms with Crippen molar-refractivity contribution in [2.45, 2.75) is 108 Å². The first-order chi connectivity index (χ1) is 22.1. The number of ether oxygens (including phenoxy) is 2. The third-order valence-electron chi connectivity index (χ3n) is 9.75. The molecule has 3 heterocycles. The van der Waals surface area contributed by atoms with Gasteiger partial charge < -0.3 is 29.7 Å². The molecule has 3 fully saturated rings. The molecule has 0 saturated carbocycles. The van der Waals surface area contributed by atoms with Gasteiger partial charge in [0.25, 0.3) is 0 Å². The number of aliphatic hydroxyl groups excluding tert-OH is 1. The number of allylic oxidation sites excluding steroid dienone is 1. The van der Waals surface area contributed by atoms with E-state index in [4.69, 9.17) is 9.47 Å². The summed E-state index contributed by atoms with van der Waals surface area (Å²) in [5.74, 6) is -3.01. The molecule has 0 radical (unpaired) electrons. The molecule has 3 aliphatic heterocycles. The number of amides is 3. The molecule has 46 heavy (non-hydrogen) atoms. The summed E-state index contributed by atoms with van der Waals surface area (Å²) in [4.78, 5) is 58.9. The Balaban J connectivity index is 1.65. The van der Waals surface area contributed by atoms with E-state index in [-0.39, 0.29) is 43.3 Å². The molecule has 3 saturated heterocycles. The summed E-state index contributed by atoms with van der Waals surface area (Å²) in [6.45, 7) is 14.0. The van der Waals surface area contributed by atoms with Crippen LogP contribution in [0.4, 0.5) is 0 Å². The first kappa shape index (κ1) is 35.4. The lowest BCUT2D eigenvalue weighted by atomic mass is 9.70. The number of hydrogen-bond donors (Lipinski definition) is 2. The zero-order valence-corrected chi connectivity index (χ0v) is 27.6. The summed E-state index contributed by atoms with van der Waals surface area (Å²) in [7, 11) is 0. The van der Waals surface area contributed by atoms with Gasteiger partial charge in [-0.2, -0.15) is 0 Å². The van der Waals surface area contributed by atoms with Crippen LogP contribution in [0, 0.1) is 11.8 Å². The molecule has 2 bridgehead atoms. The van der Waals surface area contributed by atoms with Crippen LogP contribution in [0.3, 0.4) is 0 Å². The van der Waals surface area contributed by atoms with Crippen LogP contribution in [0.15, 0.2) is 55.6 Å². The van der Waals surface area contributed by atoms with E-state index in [1.165, 1.54) is 0 Å². The Morgan fingerprint density at radius 1 is 1.20 bits per heavy atom. The molecule has 1 spiro atoms. The van der Waals surface area contributed by atoms with Gasteiger partial charge in [0.05, 0.1) is 24.0 Å². The molecular weight excluding hydrogens is 586 g/mol. The summed E-state index contributed by atoms with van der Waals surface area (Å²) in [5, 5.41) is 12.4. The Kier molecular flexibility index (Phi) is 12.2. The SMILES string of the molecule is C=CCCC(=O)N[C@@H](C)[C@H](OC(=O)[C@@H]1[C@@H]2CC[C@]3(O2)[C@H](C(=O)N(CC=C)C(C)CCC)N(CCCCO)C(=O)[C@@H]13)c1ccccc1. The predicted molar refractivity (Wildman–Crippen MR) is 174 cm³/mol. The number of rotatable bonds is 18. The molecule has 3 amide bonds. The van der Waals surface area contributed by atoms with E-state index in [9.17, 15) is 24.3 Å². The van der Waals surface area contributed by atoms with Gasteiger partial charge in [-0.3, -0.25) is 19.2 Å². The van der Waals surface area contributed by atoms with E-state index in [1.807, 2.05) is 37.3 Å². The Hall–Kier alpha value is -3.50. The summed E-state index contributed by atoms with van der Waals surface area (Å²) in [6, 6.07) is 7.71. The van der Waals surface area contributed by atoms with Crippen LogP contribution in [0.1, 0.15) is 83.8 Å². The highest BCUT2D eigenvalue weighted by Crippen LogP contribution is 2.59. The van der Waals surface area contributed by atoms with Gasteiger partial charge in [-0.05, 0) is 57.9 Å². The van der Waals surface area contributed by atoms with Crippen molar-refractivity contribution in [3.8, 4) is 0 Å². The van der Waals surface area contributed by atoms with Crippen LogP contribution in [-0.4, -0.2) is 88.1 Å². The van der Waals surface area contributed by atoms with Crippen LogP contribution < -0.4 is 5.32 Å². The van der Waals surface area contributed by atoms with Crippen LogP contribution in [0.2, 0.25) is 0 Å². The number of carbonyl (C=O) groups excluding carboxylic acids is 4. The van der Waals surface area contributed by atoms with Crippen molar-refractivity contribution in [3.63, 3.8) is 0 Å². The van der Waals surface area contributed by atoms with Gasteiger partial charge in [0, 0.05) is 32.2 Å². The van der Waals surface area contributed by atoms with Crippen molar-refractivity contribution in [1.29, 1.82) is 0 Å². The quantitative estimate of drug-likeness (QED) is 0.141. The maximum atomic E-state index is 14.5. The topological polar surface area (TPSA) is 125 Å². The van der Waals surface area contributed by atoms with Crippen LogP contribution in [-0.2, 0) is 28.7 Å². The first-order valence-corrected chi connectivity index (χ1v) is 16.8. The summed E-state index contributed by atoms with van der Waals surface area (Å²) in [6.07, 6.45) is 6.47. The molecule has 4 rings (SSSR count). The molecule has 1 aromatic carbocycles. The van der Waals surface area contributed by atoms with E-state index in [1.54, 1.807) is 28.9 Å². The average Bonchev–Trinajstić information content (AvgIpc) is 3.69. The van der Waals surface area contributed by atoms with Gasteiger partial charge in [-0.1, -0.05) is 55.8 Å². The maximum Gasteiger partial charge on any atom is 0.313 e. The molecule has 10 nitrogen and oxygen atoms in total. The second kappa shape index (κ2) is 15.9. The third-order valence-corrected chi connectivity index (χ3v) is 9.75. The Bertz CT molecular complexity index is 1260. The largest absolute Gasteiger partial charge is 0.455 e. The third kappa shape index (κ3) is 7.08. The van der Waals surface area contributed by atoms with E-state index in [0.29, 0.717) is 44.2 Å². The number of nitrogens with one attached hydrogen (secondary N) is 1. The highest BCUT2D eigenvalue weighted by Gasteiger charge is 2.75. The molecule has 1 unspecified atom stereocenters. The molecule has 0 aliphatic carbocycles. The molecule has 2 N–H and O–H groups in total. The summed E-state index contributed by atoms with van der Waals surface area (Å²) >= 11 is 0. The Morgan fingerprint density at radius 2 is 1.93 bits per heavy atom. The standard InChI is InChI=1S/C36H51N3O7/c1-6-9-18-28(41)37-25(5)31(26-16-11-10-12-17-26)45-35(44)29-27-19-20-36(46-27)30(29)33(42)39(22-13-14-23-40)32(36)34(43)38(21-8-3)24(4)15-7-2/h6,8,10-12,16-17,24-25,27,29-32,40H,1,3,7,9,13-15,18-23H2,2,4-5H3,(H,37,41)/t24?,25-,27-,29+,30+,31-,32-,36+/m0/s1. The minimum atomic E-state index is -1.15. The van der Waals surface area contributed by atoms with Gasteiger partial charge in [0.1, 0.15) is 17.7 Å². The normalized spacial score (nSPS) is 26.6. The van der Waals surface area contributed by atoms with E-state index < -0.39 is 47.7 Å². The minimum absolute atomic E-state index is 0.0257. The number of carbonyl (C=O) groups is 4. The Labute approximate surface area is 273 Å². The van der Waals surface area contributed by atoms with Gasteiger partial charge in [0.15, 0.2) is 0 Å². The number of esters is 1. The van der Waals surface area contributed by atoms with Gasteiger partial charge in [-0.25, -0.2) is 0 Å². The number of benzene rings is 1. The highest BCUT2D eigenvalue weighted by molar-refractivity contribution is 5.98. The first-order valence-electron chi connectivity index (χ1n) is 16.8. The van der Waals surface area contributed by atoms with E-state index >= 15 is 0 Å². The number of nitrogens with zero attached hydrogens (tertiary/aromatic N) is 2. The zero-order valence-electron chi connectivity index (χ0n) is 27.6. The van der Waals surface area contributed by atoms with Crippen molar-refractivity contribution in [2.24, 2.45) is 11.8 Å². The number of likely N-dealkylation sites (tertiary alicyclic amines) is 1. The lowest BCUT2D eigenvalue weighted by Gasteiger charge is -2.39. The van der Waals surface area contributed by atoms with Crippen molar-refractivity contribution < 1.29 is 33.8 Å². The number of unbranched alkanes of at least 4 members (excludes halogenated alkanes) is 1. The number of hydrogen-bond acceptors (Lipinski definition) is 7. The highest BCUT2D eigenvalue weighted by atomic mass is 16.6. The average molecular weight is 638 g/mol. The minimum Gasteiger partial charge on any atom is -0.455 e. The Morgan fingerprint density at radius 3 is 2.59 bits per heavy atom. The fraction of sp³-hybridized carbons (Fsp3) is 0.611. The second-order valence-electron chi connectivity index (χ2n) is 12.9. The van der Waals surface area contributed by atoms with Crippen molar-refractivity contribution in [1.82, 2.24) is 15.1 Å². The number of fused-ring (bicyclic) bond motifs is 1. The van der Waals surface area contributed by atoms with E-state index in [0.717, 1.165) is 12.8 Å². The fourth-order valence-electron chi connectivity index (χ4n) is 7.63. The van der Waals surface area contributed by atoms with E-state index in [2.05, 4.69) is 25.4 Å². The molecule has 252 valence electrons. The fourth-order valence-corrected chi connectivity index (χ4v) is 7.63. The lowest BCUT2D eigenvalue weighted by Crippen LogP contribution is -2.58. The lowest BCUT2D eigenvalue weighted by molar-refractivity contribution is -0.162. The smallest absolute Gasteiger partial charge is 0.313 e. The van der Waals surface area contributed by atoms with Crippen molar-refractivity contribution >= 4 is 23.7 Å². The van der Waals surface area contributed by atoms with Crippen LogP contribution in [0.25, 0.3) is 0 Å². The molecule has 1 aromatic rings. The molecule has 0 aromatic heterocycles. The second-order valence-corrected chi connectivity index (χ2v) is 12.9. The molecule has 10 heteroatoms. The molecule has 8 atom stereocenters. The number of aliphatic hydroxyl groups is 1. The summed E-state index contributed by atoms with van der Waals surface area (Å²) < 4.78 is 12.8. The zero-order chi connectivity index (χ0) is 33.4. The maximum absolute atomic E-state index is 14.5. The van der Waals surface area contributed by atoms with Gasteiger partial charge in [0.2, 0.25) is 17.7 Å². The van der Waals surface area contributed by atoms with Gasteiger partial charge in [-0.15, -0.1) is 13.2 Å². The summed E-state index contributed by atoms with van der Waals surface area (Å²) in [5.41, 5.74) is -0.438.